The predicted octanol–water partition coefficient (Wildman–Crippen LogP) is 3.08. The molecule has 0 atom stereocenters. The van der Waals surface area contributed by atoms with Crippen molar-refractivity contribution in [3.8, 4) is 5.75 Å². The molecular formula is C12H14Br2N2O3. The summed E-state index contributed by atoms with van der Waals surface area (Å²) in [4.78, 5) is 13.8. The number of ether oxygens (including phenoxy) is 2. The highest BCUT2D eigenvalue weighted by Gasteiger charge is 2.18. The molecule has 1 aromatic carbocycles. The van der Waals surface area contributed by atoms with E-state index >= 15 is 0 Å². The number of carbonyl (C=O) groups is 1. The molecule has 1 aliphatic heterocycles. The van der Waals surface area contributed by atoms with Crippen LogP contribution in [-0.2, 0) is 4.74 Å². The number of methoxy groups -OCH3 is 1. The highest BCUT2D eigenvalue weighted by molar-refractivity contribution is 9.11. The second-order valence-corrected chi connectivity index (χ2v) is 5.70. The van der Waals surface area contributed by atoms with Crippen molar-refractivity contribution in [2.24, 2.45) is 0 Å². The van der Waals surface area contributed by atoms with E-state index in [-0.39, 0.29) is 6.03 Å². The summed E-state index contributed by atoms with van der Waals surface area (Å²) in [6, 6.07) is 3.48. The topological polar surface area (TPSA) is 50.8 Å². The number of halogens is 2. The fourth-order valence-corrected chi connectivity index (χ4v) is 3.00. The highest BCUT2D eigenvalue weighted by Crippen LogP contribution is 2.34. The number of nitrogens with zero attached hydrogens (tertiary/aromatic N) is 1. The Balaban J connectivity index is 2.11. The van der Waals surface area contributed by atoms with Crippen molar-refractivity contribution in [1.82, 2.24) is 4.90 Å². The van der Waals surface area contributed by atoms with Crippen LogP contribution in [0.25, 0.3) is 0 Å². The van der Waals surface area contributed by atoms with E-state index in [4.69, 9.17) is 9.47 Å². The Morgan fingerprint density at radius 3 is 2.63 bits per heavy atom. The van der Waals surface area contributed by atoms with E-state index < -0.39 is 0 Å². The number of hydrogen-bond donors (Lipinski definition) is 1. The van der Waals surface area contributed by atoms with Gasteiger partial charge in [-0.05, 0) is 37.9 Å². The van der Waals surface area contributed by atoms with E-state index in [0.717, 1.165) is 8.95 Å². The molecule has 0 unspecified atom stereocenters. The van der Waals surface area contributed by atoms with Crippen LogP contribution < -0.4 is 10.1 Å². The van der Waals surface area contributed by atoms with Crippen LogP contribution in [0.3, 0.4) is 0 Å². The lowest BCUT2D eigenvalue weighted by Crippen LogP contribution is -2.43. The summed E-state index contributed by atoms with van der Waals surface area (Å²) in [7, 11) is 1.58. The first-order valence-corrected chi connectivity index (χ1v) is 7.37. The average molecular weight is 394 g/mol. The van der Waals surface area contributed by atoms with Crippen LogP contribution in [0.15, 0.2) is 21.1 Å². The predicted molar refractivity (Wildman–Crippen MR) is 79.8 cm³/mol. The highest BCUT2D eigenvalue weighted by atomic mass is 79.9. The van der Waals surface area contributed by atoms with Crippen molar-refractivity contribution in [3.63, 3.8) is 0 Å². The lowest BCUT2D eigenvalue weighted by Gasteiger charge is -2.27. The van der Waals surface area contributed by atoms with Crippen molar-refractivity contribution < 1.29 is 14.3 Å². The molecule has 2 rings (SSSR count). The molecule has 1 N–H and O–H groups in total. The Kier molecular flexibility index (Phi) is 5.06. The largest absolute Gasteiger partial charge is 0.495 e. The molecule has 1 aliphatic rings. The van der Waals surface area contributed by atoms with E-state index in [2.05, 4.69) is 37.2 Å². The third-order valence-corrected chi connectivity index (χ3v) is 4.06. The Labute approximate surface area is 128 Å². The maximum Gasteiger partial charge on any atom is 0.322 e. The maximum atomic E-state index is 12.1. The zero-order chi connectivity index (χ0) is 13.8. The first-order valence-electron chi connectivity index (χ1n) is 5.78. The number of rotatable bonds is 2. The van der Waals surface area contributed by atoms with E-state index in [1.807, 2.05) is 6.07 Å². The molecule has 0 saturated carbocycles. The van der Waals surface area contributed by atoms with E-state index in [1.165, 1.54) is 0 Å². The molecule has 2 amide bonds. The van der Waals surface area contributed by atoms with Crippen LogP contribution in [0.2, 0.25) is 0 Å². The Morgan fingerprint density at radius 2 is 2.00 bits per heavy atom. The number of morpholine rings is 1. The van der Waals surface area contributed by atoms with Crippen LogP contribution in [0.5, 0.6) is 5.75 Å². The van der Waals surface area contributed by atoms with Gasteiger partial charge in [-0.1, -0.05) is 0 Å². The standard InChI is InChI=1S/C12H14Br2N2O3/c1-18-11-7-10(8(13)6-9(11)14)15-12(17)16-2-4-19-5-3-16/h6-7H,2-5H2,1H3,(H,15,17). The molecule has 0 bridgehead atoms. The molecule has 1 saturated heterocycles. The van der Waals surface area contributed by atoms with Crippen molar-refractivity contribution in [3.05, 3.63) is 21.1 Å². The van der Waals surface area contributed by atoms with Gasteiger partial charge in [0, 0.05) is 23.6 Å². The molecule has 7 heteroatoms. The summed E-state index contributed by atoms with van der Waals surface area (Å²) >= 11 is 6.81. The summed E-state index contributed by atoms with van der Waals surface area (Å²) in [5.41, 5.74) is 0.677. The second kappa shape index (κ2) is 6.58. The molecule has 0 aliphatic carbocycles. The van der Waals surface area contributed by atoms with Crippen LogP contribution in [0.4, 0.5) is 10.5 Å². The lowest BCUT2D eigenvalue weighted by atomic mass is 10.3. The minimum absolute atomic E-state index is 0.131. The van der Waals surface area contributed by atoms with Gasteiger partial charge in [0.05, 0.1) is 30.5 Å². The molecule has 0 aromatic heterocycles. The summed E-state index contributed by atoms with van der Waals surface area (Å²) in [6.07, 6.45) is 0. The SMILES string of the molecule is COc1cc(NC(=O)N2CCOCC2)c(Br)cc1Br. The Hall–Kier alpha value is -0.790. The fraction of sp³-hybridized carbons (Fsp3) is 0.417. The van der Waals surface area contributed by atoms with E-state index in [9.17, 15) is 4.79 Å². The van der Waals surface area contributed by atoms with Crippen LogP contribution in [0, 0.1) is 0 Å². The number of nitrogens with one attached hydrogen (secondary N) is 1. The van der Waals surface area contributed by atoms with Crippen LogP contribution >= 0.6 is 31.9 Å². The molecule has 0 radical (unpaired) electrons. The Bertz CT molecular complexity index is 476. The number of carbonyl (C=O) groups excluding carboxylic acids is 1. The zero-order valence-electron chi connectivity index (χ0n) is 10.4. The van der Waals surface area contributed by atoms with E-state index in [0.29, 0.717) is 37.7 Å². The summed E-state index contributed by atoms with van der Waals surface area (Å²) < 4.78 is 12.1. The monoisotopic (exact) mass is 392 g/mol. The number of hydrogen-bond acceptors (Lipinski definition) is 3. The van der Waals surface area contributed by atoms with Gasteiger partial charge in [-0.3, -0.25) is 0 Å². The minimum Gasteiger partial charge on any atom is -0.495 e. The number of anilines is 1. The number of amides is 2. The van der Waals surface area contributed by atoms with Crippen LogP contribution in [-0.4, -0.2) is 44.3 Å². The van der Waals surface area contributed by atoms with Gasteiger partial charge in [-0.2, -0.15) is 0 Å². The van der Waals surface area contributed by atoms with Gasteiger partial charge in [-0.15, -0.1) is 0 Å². The lowest BCUT2D eigenvalue weighted by molar-refractivity contribution is 0.0564. The molecule has 1 fully saturated rings. The van der Waals surface area contributed by atoms with Gasteiger partial charge in [0.25, 0.3) is 0 Å². The molecule has 104 valence electrons. The third-order valence-electron chi connectivity index (χ3n) is 2.78. The zero-order valence-corrected chi connectivity index (χ0v) is 13.6. The Morgan fingerprint density at radius 1 is 1.32 bits per heavy atom. The molecule has 0 spiro atoms. The molecule has 1 aromatic rings. The first-order chi connectivity index (χ1) is 9.11. The van der Waals surface area contributed by atoms with Crippen molar-refractivity contribution in [1.29, 1.82) is 0 Å². The summed E-state index contributed by atoms with van der Waals surface area (Å²) in [6.45, 7) is 2.38. The van der Waals surface area contributed by atoms with Crippen molar-refractivity contribution >= 4 is 43.6 Å². The van der Waals surface area contributed by atoms with E-state index in [1.54, 1.807) is 18.1 Å². The van der Waals surface area contributed by atoms with Crippen molar-refractivity contribution in [2.75, 3.05) is 38.7 Å². The number of urea groups is 1. The van der Waals surface area contributed by atoms with Crippen molar-refractivity contribution in [2.45, 2.75) is 0 Å². The quantitative estimate of drug-likeness (QED) is 0.839. The van der Waals surface area contributed by atoms with Gasteiger partial charge >= 0.3 is 6.03 Å². The second-order valence-electron chi connectivity index (χ2n) is 4.00. The molecular weight excluding hydrogens is 380 g/mol. The van der Waals surface area contributed by atoms with Gasteiger partial charge in [0.2, 0.25) is 0 Å². The normalized spacial score (nSPS) is 15.2. The third kappa shape index (κ3) is 3.61. The number of benzene rings is 1. The maximum absolute atomic E-state index is 12.1. The molecule has 19 heavy (non-hydrogen) atoms. The smallest absolute Gasteiger partial charge is 0.322 e. The van der Waals surface area contributed by atoms with Gasteiger partial charge in [0.1, 0.15) is 5.75 Å². The first kappa shape index (κ1) is 14.6. The minimum atomic E-state index is -0.131. The summed E-state index contributed by atoms with van der Waals surface area (Å²) in [5, 5.41) is 2.87. The molecule has 5 nitrogen and oxygen atoms in total. The summed E-state index contributed by atoms with van der Waals surface area (Å²) in [5.74, 6) is 0.667. The molecule has 1 heterocycles. The van der Waals surface area contributed by atoms with Gasteiger partial charge in [-0.25, -0.2) is 4.79 Å². The average Bonchev–Trinajstić information content (AvgIpc) is 2.42. The van der Waals surface area contributed by atoms with Gasteiger partial charge in [0.15, 0.2) is 0 Å². The fourth-order valence-electron chi connectivity index (χ4n) is 1.74. The van der Waals surface area contributed by atoms with Crippen LogP contribution in [0.1, 0.15) is 0 Å². The van der Waals surface area contributed by atoms with Gasteiger partial charge < -0.3 is 19.7 Å².